The Morgan fingerprint density at radius 2 is 2.14 bits per heavy atom. The van der Waals surface area contributed by atoms with Gasteiger partial charge in [0.1, 0.15) is 0 Å². The monoisotopic (exact) mass is 523 g/mol. The number of aryl methyl sites for hydroxylation is 2. The number of nitrogens with zero attached hydrogens (tertiary/aromatic N) is 3. The van der Waals surface area contributed by atoms with Gasteiger partial charge in [-0.3, -0.25) is 9.89 Å². The van der Waals surface area contributed by atoms with Crippen molar-refractivity contribution in [3.63, 3.8) is 0 Å². The summed E-state index contributed by atoms with van der Waals surface area (Å²) in [6.45, 7) is 17.3. The maximum Gasteiger partial charge on any atom is 0.191 e. The molecule has 0 aromatic carbocycles. The number of aromatic nitrogens is 1. The fourth-order valence-corrected chi connectivity index (χ4v) is 4.34. The number of thiazole rings is 1. The lowest BCUT2D eigenvalue weighted by Crippen LogP contribution is -2.46. The molecule has 28 heavy (non-hydrogen) atoms. The van der Waals surface area contributed by atoms with Crippen molar-refractivity contribution in [2.45, 2.75) is 53.6 Å². The molecule has 1 aliphatic heterocycles. The van der Waals surface area contributed by atoms with E-state index in [9.17, 15) is 0 Å². The van der Waals surface area contributed by atoms with E-state index >= 15 is 0 Å². The molecule has 1 aromatic rings. The lowest BCUT2D eigenvalue weighted by Gasteiger charge is -2.33. The maximum absolute atomic E-state index is 5.91. The summed E-state index contributed by atoms with van der Waals surface area (Å²) in [5, 5.41) is 7.97. The summed E-state index contributed by atoms with van der Waals surface area (Å²) in [5.41, 5.74) is 1.23. The van der Waals surface area contributed by atoms with Crippen molar-refractivity contribution < 1.29 is 4.74 Å². The molecule has 8 heteroatoms. The van der Waals surface area contributed by atoms with Crippen LogP contribution in [0.1, 0.15) is 43.3 Å². The average molecular weight is 524 g/mol. The van der Waals surface area contributed by atoms with Gasteiger partial charge in [0, 0.05) is 44.0 Å². The summed E-state index contributed by atoms with van der Waals surface area (Å²) in [6.07, 6.45) is 2.12. The Morgan fingerprint density at radius 3 is 2.79 bits per heavy atom. The molecule has 0 radical (unpaired) electrons. The van der Waals surface area contributed by atoms with E-state index in [0.717, 1.165) is 58.1 Å². The van der Waals surface area contributed by atoms with E-state index in [-0.39, 0.29) is 30.1 Å². The van der Waals surface area contributed by atoms with Gasteiger partial charge in [-0.1, -0.05) is 20.8 Å². The van der Waals surface area contributed by atoms with Gasteiger partial charge in [-0.2, -0.15) is 0 Å². The quantitative estimate of drug-likeness (QED) is 0.296. The van der Waals surface area contributed by atoms with E-state index < -0.39 is 0 Å². The van der Waals surface area contributed by atoms with Crippen LogP contribution in [-0.2, 0) is 17.6 Å². The molecule has 2 rings (SSSR count). The van der Waals surface area contributed by atoms with E-state index in [1.54, 1.807) is 0 Å². The van der Waals surface area contributed by atoms with Gasteiger partial charge in [0.05, 0.1) is 30.0 Å². The number of guanidine groups is 1. The van der Waals surface area contributed by atoms with Crippen LogP contribution in [0.5, 0.6) is 0 Å². The molecular formula is C20H38IN5OS. The van der Waals surface area contributed by atoms with Crippen molar-refractivity contribution in [2.24, 2.45) is 10.9 Å². The largest absolute Gasteiger partial charge is 0.374 e. The molecule has 0 aliphatic carbocycles. The predicted octanol–water partition coefficient (Wildman–Crippen LogP) is 3.09. The molecule has 162 valence electrons. The van der Waals surface area contributed by atoms with Crippen LogP contribution in [0.15, 0.2) is 4.99 Å². The fourth-order valence-electron chi connectivity index (χ4n) is 3.32. The van der Waals surface area contributed by atoms with Crippen LogP contribution < -0.4 is 10.6 Å². The first kappa shape index (κ1) is 25.6. The number of hydrogen-bond acceptors (Lipinski definition) is 5. The van der Waals surface area contributed by atoms with E-state index in [1.165, 1.54) is 15.6 Å². The van der Waals surface area contributed by atoms with Gasteiger partial charge in [0.15, 0.2) is 5.96 Å². The molecule has 1 saturated heterocycles. The van der Waals surface area contributed by atoms with Crippen LogP contribution in [0.25, 0.3) is 0 Å². The molecule has 6 nitrogen and oxygen atoms in total. The molecule has 1 fully saturated rings. The maximum atomic E-state index is 5.91. The van der Waals surface area contributed by atoms with Gasteiger partial charge in [-0.15, -0.1) is 35.3 Å². The Labute approximate surface area is 192 Å². The smallest absolute Gasteiger partial charge is 0.191 e. The van der Waals surface area contributed by atoms with Gasteiger partial charge >= 0.3 is 0 Å². The highest BCUT2D eigenvalue weighted by atomic mass is 127. The van der Waals surface area contributed by atoms with Crippen LogP contribution >= 0.6 is 35.3 Å². The minimum Gasteiger partial charge on any atom is -0.374 e. The average Bonchev–Trinajstić information content (AvgIpc) is 2.99. The Bertz CT molecular complexity index is 593. The van der Waals surface area contributed by atoms with Gasteiger partial charge in [0.25, 0.3) is 0 Å². The first-order chi connectivity index (χ1) is 13.0. The van der Waals surface area contributed by atoms with Gasteiger partial charge in [0.2, 0.25) is 0 Å². The molecule has 1 unspecified atom stereocenters. The number of halogens is 1. The lowest BCUT2D eigenvalue weighted by atomic mass is 10.2. The second kappa shape index (κ2) is 13.7. The molecule has 0 saturated carbocycles. The topological polar surface area (TPSA) is 61.8 Å². The first-order valence-electron chi connectivity index (χ1n) is 10.3. The SMILES string of the molecule is CCNC(=NCC1CN(CC(C)C)CCO1)NCCc1nc(CC)c(C)s1.I. The second-order valence-corrected chi connectivity index (χ2v) is 8.79. The number of ether oxygens (including phenoxy) is 1. The summed E-state index contributed by atoms with van der Waals surface area (Å²) >= 11 is 1.81. The predicted molar refractivity (Wildman–Crippen MR) is 130 cm³/mol. The third-order valence-electron chi connectivity index (χ3n) is 4.55. The molecule has 0 bridgehead atoms. The summed E-state index contributed by atoms with van der Waals surface area (Å²) < 4.78 is 5.91. The van der Waals surface area contributed by atoms with Crippen molar-refractivity contribution in [3.8, 4) is 0 Å². The van der Waals surface area contributed by atoms with Crippen LogP contribution in [0.3, 0.4) is 0 Å². The summed E-state index contributed by atoms with van der Waals surface area (Å²) in [6, 6.07) is 0. The normalized spacial score (nSPS) is 18.2. The second-order valence-electron chi connectivity index (χ2n) is 7.51. The Morgan fingerprint density at radius 1 is 1.36 bits per heavy atom. The fraction of sp³-hybridized carbons (Fsp3) is 0.800. The van der Waals surface area contributed by atoms with Crippen LogP contribution in [-0.4, -0.2) is 67.8 Å². The van der Waals surface area contributed by atoms with Crippen LogP contribution in [0, 0.1) is 12.8 Å². The van der Waals surface area contributed by atoms with E-state index in [1.807, 2.05) is 11.3 Å². The summed E-state index contributed by atoms with van der Waals surface area (Å²) in [5.74, 6) is 1.56. The van der Waals surface area contributed by atoms with Gasteiger partial charge < -0.3 is 15.4 Å². The van der Waals surface area contributed by atoms with Gasteiger partial charge in [-0.25, -0.2) is 4.98 Å². The van der Waals surface area contributed by atoms with Gasteiger partial charge in [-0.05, 0) is 26.2 Å². The third kappa shape index (κ3) is 8.92. The van der Waals surface area contributed by atoms with Crippen molar-refractivity contribution in [1.82, 2.24) is 20.5 Å². The first-order valence-corrected chi connectivity index (χ1v) is 11.1. The Kier molecular flexibility index (Phi) is 12.5. The zero-order chi connectivity index (χ0) is 19.6. The molecular weight excluding hydrogens is 485 g/mol. The zero-order valence-corrected chi connectivity index (χ0v) is 21.2. The van der Waals surface area contributed by atoms with Crippen molar-refractivity contribution in [3.05, 3.63) is 15.6 Å². The highest BCUT2D eigenvalue weighted by Crippen LogP contribution is 2.18. The van der Waals surface area contributed by atoms with E-state index in [0.29, 0.717) is 12.5 Å². The Hall–Kier alpha value is -0.450. The van der Waals surface area contributed by atoms with Crippen molar-refractivity contribution in [1.29, 1.82) is 0 Å². The minimum absolute atomic E-state index is 0. The minimum atomic E-state index is 0. The molecule has 1 aliphatic rings. The standard InChI is InChI=1S/C20H37N5OS.HI/c1-6-18-16(5)27-19(24-18)8-9-22-20(21-7-2)23-12-17-14-25(10-11-26-17)13-15(3)4;/h15,17H,6-14H2,1-5H3,(H2,21,22,23);1H. The Balaban J connectivity index is 0.00000392. The molecule has 0 amide bonds. The third-order valence-corrected chi connectivity index (χ3v) is 5.62. The molecule has 1 atom stereocenters. The molecule has 1 aromatic heterocycles. The van der Waals surface area contributed by atoms with E-state index in [2.05, 4.69) is 50.2 Å². The number of rotatable bonds is 9. The number of morpholine rings is 1. The van der Waals surface area contributed by atoms with Crippen LogP contribution in [0.4, 0.5) is 0 Å². The van der Waals surface area contributed by atoms with E-state index in [4.69, 9.17) is 14.7 Å². The number of nitrogens with one attached hydrogen (secondary N) is 2. The molecule has 2 heterocycles. The van der Waals surface area contributed by atoms with Crippen molar-refractivity contribution >= 4 is 41.3 Å². The molecule has 0 spiro atoms. The van der Waals surface area contributed by atoms with Crippen LogP contribution in [0.2, 0.25) is 0 Å². The summed E-state index contributed by atoms with van der Waals surface area (Å²) in [7, 11) is 0. The molecule has 2 N–H and O–H groups in total. The highest BCUT2D eigenvalue weighted by Gasteiger charge is 2.20. The zero-order valence-electron chi connectivity index (χ0n) is 18.1. The number of hydrogen-bond donors (Lipinski definition) is 2. The summed E-state index contributed by atoms with van der Waals surface area (Å²) in [4.78, 5) is 13.3. The highest BCUT2D eigenvalue weighted by molar-refractivity contribution is 14.0. The lowest BCUT2D eigenvalue weighted by molar-refractivity contribution is -0.0261. The van der Waals surface area contributed by atoms with Crippen molar-refractivity contribution in [2.75, 3.05) is 45.9 Å². The number of aliphatic imine (C=N–C) groups is 1.